The highest BCUT2D eigenvalue weighted by Crippen LogP contribution is 2.20. The lowest BCUT2D eigenvalue weighted by Gasteiger charge is -2.08. The number of benzene rings is 2. The number of carboxylic acids is 1. The molecule has 3 nitrogen and oxygen atoms in total. The first kappa shape index (κ1) is 13.8. The van der Waals surface area contributed by atoms with Crippen LogP contribution in [0, 0.1) is 9.39 Å². The van der Waals surface area contributed by atoms with Gasteiger partial charge in [-0.1, -0.05) is 12.1 Å². The number of halogens is 2. The summed E-state index contributed by atoms with van der Waals surface area (Å²) in [5, 5.41) is 8.73. The zero-order valence-electron chi connectivity index (χ0n) is 9.77. The van der Waals surface area contributed by atoms with Crippen LogP contribution in [0.4, 0.5) is 4.39 Å². The van der Waals surface area contributed by atoms with Gasteiger partial charge in [0.1, 0.15) is 6.61 Å². The number of carbonyl (C=O) groups is 1. The van der Waals surface area contributed by atoms with Crippen LogP contribution in [-0.2, 0) is 6.61 Å². The zero-order chi connectivity index (χ0) is 13.8. The first-order valence-corrected chi connectivity index (χ1v) is 6.54. The summed E-state index contributed by atoms with van der Waals surface area (Å²) < 4.78 is 20.0. The van der Waals surface area contributed by atoms with Crippen LogP contribution in [0.2, 0.25) is 0 Å². The predicted molar refractivity (Wildman–Crippen MR) is 76.9 cm³/mol. The van der Waals surface area contributed by atoms with E-state index in [9.17, 15) is 9.18 Å². The standard InChI is InChI=1S/C14H10FIO3/c15-12-7-10(14(17)18)3-6-13(12)19-8-9-1-4-11(16)5-2-9/h1-7H,8H2,(H,17,18). The summed E-state index contributed by atoms with van der Waals surface area (Å²) >= 11 is 2.20. The van der Waals surface area contributed by atoms with Crippen LogP contribution in [0.5, 0.6) is 5.75 Å². The Balaban J connectivity index is 2.07. The fourth-order valence-corrected chi connectivity index (χ4v) is 1.85. The first-order valence-electron chi connectivity index (χ1n) is 5.46. The Hall–Kier alpha value is -1.63. The van der Waals surface area contributed by atoms with E-state index in [0.717, 1.165) is 15.2 Å². The predicted octanol–water partition coefficient (Wildman–Crippen LogP) is 3.71. The highest BCUT2D eigenvalue weighted by Gasteiger charge is 2.09. The summed E-state index contributed by atoms with van der Waals surface area (Å²) in [5.41, 5.74) is 0.821. The molecule has 0 aliphatic heterocycles. The molecule has 19 heavy (non-hydrogen) atoms. The maximum absolute atomic E-state index is 13.6. The third-order valence-electron chi connectivity index (χ3n) is 2.49. The molecule has 1 N–H and O–H groups in total. The number of aromatic carboxylic acids is 1. The molecule has 0 bridgehead atoms. The van der Waals surface area contributed by atoms with Gasteiger partial charge in [-0.3, -0.25) is 0 Å². The summed E-state index contributed by atoms with van der Waals surface area (Å²) in [5.74, 6) is -1.79. The molecule has 0 heterocycles. The van der Waals surface area contributed by atoms with Crippen LogP contribution in [0.1, 0.15) is 15.9 Å². The molecule has 2 aromatic rings. The van der Waals surface area contributed by atoms with Gasteiger partial charge in [0.15, 0.2) is 11.6 Å². The molecule has 0 saturated heterocycles. The van der Waals surface area contributed by atoms with Gasteiger partial charge in [0.05, 0.1) is 5.56 Å². The van der Waals surface area contributed by atoms with Crippen LogP contribution in [0.25, 0.3) is 0 Å². The van der Waals surface area contributed by atoms with Crippen LogP contribution >= 0.6 is 22.6 Å². The fourth-order valence-electron chi connectivity index (χ4n) is 1.49. The van der Waals surface area contributed by atoms with E-state index in [1.54, 1.807) is 0 Å². The maximum Gasteiger partial charge on any atom is 0.335 e. The smallest absolute Gasteiger partial charge is 0.335 e. The second-order valence-corrected chi connectivity index (χ2v) is 5.11. The Bertz CT molecular complexity index is 596. The van der Waals surface area contributed by atoms with Crippen molar-refractivity contribution in [3.63, 3.8) is 0 Å². The van der Waals surface area contributed by atoms with Gasteiger partial charge in [-0.05, 0) is 58.5 Å². The van der Waals surface area contributed by atoms with Crippen molar-refractivity contribution in [2.24, 2.45) is 0 Å². The lowest BCUT2D eigenvalue weighted by atomic mass is 10.2. The van der Waals surface area contributed by atoms with Crippen LogP contribution in [0.15, 0.2) is 42.5 Å². The van der Waals surface area contributed by atoms with Crippen LogP contribution < -0.4 is 4.74 Å². The molecular formula is C14H10FIO3. The third kappa shape index (κ3) is 3.66. The highest BCUT2D eigenvalue weighted by molar-refractivity contribution is 14.1. The van der Waals surface area contributed by atoms with Crippen molar-refractivity contribution < 1.29 is 19.0 Å². The van der Waals surface area contributed by atoms with Gasteiger partial charge >= 0.3 is 5.97 Å². The van der Waals surface area contributed by atoms with Crippen molar-refractivity contribution in [2.45, 2.75) is 6.61 Å². The lowest BCUT2D eigenvalue weighted by Crippen LogP contribution is -2.01. The van der Waals surface area contributed by atoms with E-state index in [1.807, 2.05) is 24.3 Å². The Kier molecular flexibility index (Phi) is 4.36. The van der Waals surface area contributed by atoms with Crippen molar-refractivity contribution in [3.05, 3.63) is 63.0 Å². The molecule has 2 rings (SSSR count). The summed E-state index contributed by atoms with van der Waals surface area (Å²) in [6.45, 7) is 0.236. The van der Waals surface area contributed by atoms with E-state index < -0.39 is 11.8 Å². The van der Waals surface area contributed by atoms with Crippen molar-refractivity contribution >= 4 is 28.6 Å². The minimum atomic E-state index is -1.16. The van der Waals surface area contributed by atoms with Gasteiger partial charge in [0, 0.05) is 3.57 Å². The molecule has 0 fully saturated rings. The summed E-state index contributed by atoms with van der Waals surface area (Å²) in [4.78, 5) is 10.7. The minimum absolute atomic E-state index is 0.0450. The van der Waals surface area contributed by atoms with E-state index in [0.29, 0.717) is 0 Å². The fraction of sp³-hybridized carbons (Fsp3) is 0.0714. The summed E-state index contributed by atoms with van der Waals surface area (Å²) in [7, 11) is 0. The van der Waals surface area contributed by atoms with Gasteiger partial charge in [0.25, 0.3) is 0 Å². The van der Waals surface area contributed by atoms with Gasteiger partial charge in [0.2, 0.25) is 0 Å². The Morgan fingerprint density at radius 1 is 1.21 bits per heavy atom. The van der Waals surface area contributed by atoms with E-state index in [4.69, 9.17) is 9.84 Å². The number of rotatable bonds is 4. The molecule has 98 valence electrons. The molecule has 0 amide bonds. The third-order valence-corrected chi connectivity index (χ3v) is 3.21. The molecule has 0 aliphatic carbocycles. The van der Waals surface area contributed by atoms with Crippen molar-refractivity contribution in [1.29, 1.82) is 0 Å². The van der Waals surface area contributed by atoms with Crippen molar-refractivity contribution in [3.8, 4) is 5.75 Å². The van der Waals surface area contributed by atoms with Gasteiger partial charge in [-0.15, -0.1) is 0 Å². The topological polar surface area (TPSA) is 46.5 Å². The molecule has 0 spiro atoms. The largest absolute Gasteiger partial charge is 0.486 e. The molecule has 0 saturated carbocycles. The van der Waals surface area contributed by atoms with Crippen molar-refractivity contribution in [2.75, 3.05) is 0 Å². The first-order chi connectivity index (χ1) is 9.06. The number of ether oxygens (including phenoxy) is 1. The number of hydrogen-bond acceptors (Lipinski definition) is 2. The van der Waals surface area contributed by atoms with E-state index in [-0.39, 0.29) is 17.9 Å². The number of carboxylic acid groups (broad SMARTS) is 1. The maximum atomic E-state index is 13.6. The minimum Gasteiger partial charge on any atom is -0.486 e. The average molecular weight is 372 g/mol. The Morgan fingerprint density at radius 2 is 1.89 bits per heavy atom. The molecule has 5 heteroatoms. The monoisotopic (exact) mass is 372 g/mol. The molecular weight excluding hydrogens is 362 g/mol. The normalized spacial score (nSPS) is 10.2. The quantitative estimate of drug-likeness (QED) is 0.833. The van der Waals surface area contributed by atoms with E-state index >= 15 is 0 Å². The molecule has 2 aromatic carbocycles. The molecule has 0 aliphatic rings. The Morgan fingerprint density at radius 3 is 2.47 bits per heavy atom. The SMILES string of the molecule is O=C(O)c1ccc(OCc2ccc(I)cc2)c(F)c1. The van der Waals surface area contributed by atoms with Gasteiger partial charge in [-0.2, -0.15) is 0 Å². The molecule has 0 aromatic heterocycles. The molecule has 0 unspecified atom stereocenters. The summed E-state index contributed by atoms with van der Waals surface area (Å²) in [6, 6.07) is 11.2. The summed E-state index contributed by atoms with van der Waals surface area (Å²) in [6.07, 6.45) is 0. The average Bonchev–Trinajstić information content (AvgIpc) is 2.39. The molecule has 0 radical (unpaired) electrons. The van der Waals surface area contributed by atoms with Crippen LogP contribution in [0.3, 0.4) is 0 Å². The van der Waals surface area contributed by atoms with E-state index in [2.05, 4.69) is 22.6 Å². The zero-order valence-corrected chi connectivity index (χ0v) is 11.9. The second-order valence-electron chi connectivity index (χ2n) is 3.87. The van der Waals surface area contributed by atoms with Gasteiger partial charge < -0.3 is 9.84 Å². The Labute approximate surface area is 123 Å². The highest BCUT2D eigenvalue weighted by atomic mass is 127. The van der Waals surface area contributed by atoms with Crippen molar-refractivity contribution in [1.82, 2.24) is 0 Å². The number of hydrogen-bond donors (Lipinski definition) is 1. The van der Waals surface area contributed by atoms with Crippen LogP contribution in [-0.4, -0.2) is 11.1 Å². The van der Waals surface area contributed by atoms with E-state index in [1.165, 1.54) is 12.1 Å². The lowest BCUT2D eigenvalue weighted by molar-refractivity contribution is 0.0696. The second kappa shape index (κ2) is 6.01. The molecule has 0 atom stereocenters. The van der Waals surface area contributed by atoms with Gasteiger partial charge in [-0.25, -0.2) is 9.18 Å².